The van der Waals surface area contributed by atoms with Gasteiger partial charge < -0.3 is 14.8 Å². The molecule has 256 valence electrons. The number of sulfonamides is 1. The first kappa shape index (κ1) is 36.4. The van der Waals surface area contributed by atoms with Gasteiger partial charge in [0.2, 0.25) is 0 Å². The molecule has 4 rings (SSSR count). The van der Waals surface area contributed by atoms with E-state index in [9.17, 15) is 22.8 Å². The summed E-state index contributed by atoms with van der Waals surface area (Å²) in [6, 6.07) is 10.2. The number of amidine groups is 1. The molecule has 2 aromatic rings. The zero-order valence-corrected chi connectivity index (χ0v) is 29.9. The van der Waals surface area contributed by atoms with Crippen LogP contribution in [-0.2, 0) is 35.5 Å². The van der Waals surface area contributed by atoms with Gasteiger partial charge in [0.05, 0.1) is 11.4 Å². The van der Waals surface area contributed by atoms with Crippen molar-refractivity contribution in [2.75, 3.05) is 30.8 Å². The fourth-order valence-electron chi connectivity index (χ4n) is 5.05. The Kier molecular flexibility index (Phi) is 11.5. The van der Waals surface area contributed by atoms with Crippen molar-refractivity contribution in [1.82, 2.24) is 9.21 Å². The fourth-order valence-corrected chi connectivity index (χ4v) is 7.69. The van der Waals surface area contributed by atoms with Crippen molar-refractivity contribution in [2.24, 2.45) is 10.4 Å². The highest BCUT2D eigenvalue weighted by molar-refractivity contribution is 7.99. The molecule has 0 aromatic heterocycles. The van der Waals surface area contributed by atoms with E-state index in [-0.39, 0.29) is 41.4 Å². The molecule has 1 N–H and O–H groups in total. The minimum absolute atomic E-state index is 0.00540. The molecule has 0 saturated carbocycles. The van der Waals surface area contributed by atoms with Gasteiger partial charge in [0.1, 0.15) is 4.90 Å². The van der Waals surface area contributed by atoms with Gasteiger partial charge in [0.15, 0.2) is 17.5 Å². The number of carbonyl (C=O) groups is 3. The lowest BCUT2D eigenvalue weighted by Gasteiger charge is -2.35. The first-order valence-corrected chi connectivity index (χ1v) is 18.4. The molecule has 47 heavy (non-hydrogen) atoms. The van der Waals surface area contributed by atoms with Crippen LogP contribution in [0.4, 0.5) is 16.2 Å². The van der Waals surface area contributed by atoms with Crippen LogP contribution < -0.4 is 5.32 Å². The topological polar surface area (TPSA) is 135 Å². The van der Waals surface area contributed by atoms with Gasteiger partial charge in [-0.2, -0.15) is 0 Å². The van der Waals surface area contributed by atoms with E-state index in [2.05, 4.69) is 31.1 Å². The Balaban J connectivity index is 1.82. The predicted molar refractivity (Wildman–Crippen MR) is 184 cm³/mol. The van der Waals surface area contributed by atoms with Gasteiger partial charge >= 0.3 is 6.09 Å². The number of unbranched alkanes of at least 4 members (excludes halogenated alkanes) is 1. The molecule has 13 heteroatoms. The van der Waals surface area contributed by atoms with Gasteiger partial charge in [-0.25, -0.2) is 23.1 Å². The van der Waals surface area contributed by atoms with Crippen molar-refractivity contribution in [3.8, 4) is 0 Å². The molecule has 2 heterocycles. The fraction of sp³-hybridized carbons (Fsp3) is 0.529. The molecule has 0 radical (unpaired) electrons. The summed E-state index contributed by atoms with van der Waals surface area (Å²) < 4.78 is 40.4. The number of para-hydroxylation sites is 1. The van der Waals surface area contributed by atoms with Gasteiger partial charge in [-0.15, -0.1) is 11.8 Å². The Morgan fingerprint density at radius 3 is 2.43 bits per heavy atom. The maximum Gasteiger partial charge on any atom is 0.418 e. The lowest BCUT2D eigenvalue weighted by Crippen LogP contribution is -2.59. The van der Waals surface area contributed by atoms with Crippen molar-refractivity contribution < 1.29 is 32.3 Å². The number of benzene rings is 2. The summed E-state index contributed by atoms with van der Waals surface area (Å²) in [5, 5.41) is 2.94. The van der Waals surface area contributed by atoms with E-state index in [0.29, 0.717) is 23.6 Å². The quantitative estimate of drug-likeness (QED) is 0.178. The number of cyclic esters (lactones) is 1. The molecule has 1 unspecified atom stereocenters. The van der Waals surface area contributed by atoms with Crippen LogP contribution in [0.25, 0.3) is 0 Å². The van der Waals surface area contributed by atoms with Crippen LogP contribution in [0, 0.1) is 5.41 Å². The van der Waals surface area contributed by atoms with Crippen LogP contribution in [0.3, 0.4) is 0 Å². The smallest absolute Gasteiger partial charge is 0.418 e. The highest BCUT2D eigenvalue weighted by Gasteiger charge is 2.55. The summed E-state index contributed by atoms with van der Waals surface area (Å²) in [7, 11) is -4.25. The number of nitrogens with zero attached hydrogens (tertiary/aromatic N) is 3. The standard InChI is InChI=1S/C34H46N4O7S2/c1-8-10-19-44-20-13-18-37-29(35-24-14-11-12-15-27(24)47(37,42)43)28(38-31(40)34(6,7)45-32(38)41)30(39)36-25-21-23(9-2)16-17-26(25)46-22-33(3,4)5/h11-12,14-17,21,28H,8-10,13,18-20,22H2,1-7H3,(H,36,39). The Bertz CT molecular complexity index is 1630. The minimum Gasteiger partial charge on any atom is -0.433 e. The molecule has 2 aromatic carbocycles. The average molecular weight is 687 g/mol. The van der Waals surface area contributed by atoms with Gasteiger partial charge in [0, 0.05) is 30.4 Å². The SMILES string of the molecule is CCCCOCCCN1C(C(C(=O)Nc2cc(CC)ccc2SCC(C)(C)C)N2C(=O)OC(C)(C)C2=O)=Nc2ccccc2S1(=O)=O. The summed E-state index contributed by atoms with van der Waals surface area (Å²) >= 11 is 1.57. The monoisotopic (exact) mass is 686 g/mol. The number of rotatable bonds is 14. The molecule has 0 spiro atoms. The van der Waals surface area contributed by atoms with Crippen molar-refractivity contribution in [3.63, 3.8) is 0 Å². The normalized spacial score (nSPS) is 17.6. The average Bonchev–Trinajstić information content (AvgIpc) is 3.20. The minimum atomic E-state index is -4.25. The third-order valence-corrected chi connectivity index (χ3v) is 11.1. The zero-order chi connectivity index (χ0) is 34.6. The summed E-state index contributed by atoms with van der Waals surface area (Å²) in [6.45, 7) is 14.0. The number of hydrogen-bond acceptors (Lipinski definition) is 9. The van der Waals surface area contributed by atoms with E-state index < -0.39 is 39.6 Å². The van der Waals surface area contributed by atoms with Crippen LogP contribution in [0.5, 0.6) is 0 Å². The van der Waals surface area contributed by atoms with E-state index in [1.165, 1.54) is 26.0 Å². The first-order chi connectivity index (χ1) is 22.1. The van der Waals surface area contributed by atoms with Crippen molar-refractivity contribution in [3.05, 3.63) is 48.0 Å². The number of amides is 3. The van der Waals surface area contributed by atoms with E-state index in [4.69, 9.17) is 9.47 Å². The second-order valence-electron chi connectivity index (χ2n) is 13.3. The Hall–Kier alpha value is -3.42. The largest absolute Gasteiger partial charge is 0.433 e. The number of fused-ring (bicyclic) bond motifs is 1. The highest BCUT2D eigenvalue weighted by Crippen LogP contribution is 2.37. The number of nitrogens with one attached hydrogen (secondary N) is 1. The number of aliphatic imine (C=N–C) groups is 1. The van der Waals surface area contributed by atoms with Crippen molar-refractivity contribution in [1.29, 1.82) is 0 Å². The Morgan fingerprint density at radius 2 is 1.79 bits per heavy atom. The molecular formula is C34H46N4O7S2. The third kappa shape index (κ3) is 8.36. The Morgan fingerprint density at radius 1 is 1.09 bits per heavy atom. The molecule has 2 aliphatic rings. The summed E-state index contributed by atoms with van der Waals surface area (Å²) in [4.78, 5) is 47.7. The molecule has 2 aliphatic heterocycles. The van der Waals surface area contributed by atoms with Crippen LogP contribution in [0.15, 0.2) is 57.2 Å². The molecule has 1 atom stereocenters. The maximum atomic E-state index is 14.5. The van der Waals surface area contributed by atoms with Crippen LogP contribution in [0.2, 0.25) is 0 Å². The molecule has 0 bridgehead atoms. The van der Waals surface area contributed by atoms with Crippen LogP contribution >= 0.6 is 11.8 Å². The number of ether oxygens (including phenoxy) is 2. The lowest BCUT2D eigenvalue weighted by atomic mass is 10.0. The molecule has 0 aliphatic carbocycles. The van der Waals surface area contributed by atoms with E-state index in [0.717, 1.165) is 33.4 Å². The number of imide groups is 1. The molecule has 3 amide bonds. The number of carbonyl (C=O) groups excluding carboxylic acids is 3. The molecular weight excluding hydrogens is 641 g/mol. The second-order valence-corrected chi connectivity index (χ2v) is 16.2. The summed E-state index contributed by atoms with van der Waals surface area (Å²) in [5.41, 5.74) is -0.0250. The predicted octanol–water partition coefficient (Wildman–Crippen LogP) is 6.39. The number of anilines is 1. The highest BCUT2D eigenvalue weighted by atomic mass is 32.2. The summed E-state index contributed by atoms with van der Waals surface area (Å²) in [5.74, 6) is -1.09. The van der Waals surface area contributed by atoms with Crippen LogP contribution in [-0.4, -0.2) is 78.5 Å². The van der Waals surface area contributed by atoms with E-state index >= 15 is 0 Å². The lowest BCUT2D eigenvalue weighted by molar-refractivity contribution is -0.137. The van der Waals surface area contributed by atoms with E-state index in [1.54, 1.807) is 23.9 Å². The first-order valence-electron chi connectivity index (χ1n) is 16.0. The molecule has 1 saturated heterocycles. The van der Waals surface area contributed by atoms with Gasteiger partial charge in [0.25, 0.3) is 21.8 Å². The zero-order valence-electron chi connectivity index (χ0n) is 28.3. The Labute approximate surface area is 282 Å². The maximum absolute atomic E-state index is 14.5. The van der Waals surface area contributed by atoms with E-state index in [1.807, 2.05) is 32.0 Å². The molecule has 11 nitrogen and oxygen atoms in total. The number of hydrogen-bond donors (Lipinski definition) is 1. The second kappa shape index (κ2) is 14.8. The number of aryl methyl sites for hydroxylation is 1. The number of thioether (sulfide) groups is 1. The molecule has 1 fully saturated rings. The third-order valence-electron chi connectivity index (χ3n) is 7.61. The van der Waals surface area contributed by atoms with Gasteiger partial charge in [-0.05, 0) is 68.4 Å². The summed E-state index contributed by atoms with van der Waals surface area (Å²) in [6.07, 6.45) is 1.76. The van der Waals surface area contributed by atoms with Gasteiger partial charge in [-0.1, -0.05) is 59.2 Å². The van der Waals surface area contributed by atoms with Gasteiger partial charge in [-0.3, -0.25) is 13.9 Å². The van der Waals surface area contributed by atoms with Crippen molar-refractivity contribution >= 4 is 56.9 Å². The van der Waals surface area contributed by atoms with Crippen LogP contribution in [0.1, 0.15) is 73.3 Å². The van der Waals surface area contributed by atoms with Crippen molar-refractivity contribution in [2.45, 2.75) is 95.6 Å².